The summed E-state index contributed by atoms with van der Waals surface area (Å²) in [5.41, 5.74) is 4.93. The molecular weight excluding hydrogens is 262 g/mol. The molecule has 0 radical (unpaired) electrons. The standard InChI is InChI=1S/C13H21N3O4/c1-13(18,9-17)8-15-6-7-20-11-4-2-10(3-5-11)12(14)16-19/h2-5,15,17-19H,6-9H2,1H3,(H2,14,16). The van der Waals surface area contributed by atoms with Crippen LogP contribution in [0.15, 0.2) is 29.4 Å². The third-order valence-electron chi connectivity index (χ3n) is 2.65. The average molecular weight is 283 g/mol. The minimum atomic E-state index is -1.12. The molecule has 6 N–H and O–H groups in total. The highest BCUT2D eigenvalue weighted by molar-refractivity contribution is 5.97. The number of aliphatic hydroxyl groups is 2. The van der Waals surface area contributed by atoms with Crippen molar-refractivity contribution in [3.05, 3.63) is 29.8 Å². The van der Waals surface area contributed by atoms with Gasteiger partial charge in [-0.05, 0) is 31.2 Å². The van der Waals surface area contributed by atoms with Gasteiger partial charge in [-0.3, -0.25) is 0 Å². The van der Waals surface area contributed by atoms with Gasteiger partial charge in [0.15, 0.2) is 5.84 Å². The van der Waals surface area contributed by atoms with Gasteiger partial charge in [-0.25, -0.2) is 0 Å². The molecule has 0 aliphatic carbocycles. The highest BCUT2D eigenvalue weighted by Crippen LogP contribution is 2.11. The van der Waals surface area contributed by atoms with Crippen molar-refractivity contribution >= 4 is 5.84 Å². The molecule has 20 heavy (non-hydrogen) atoms. The van der Waals surface area contributed by atoms with Crippen LogP contribution >= 0.6 is 0 Å². The van der Waals surface area contributed by atoms with Gasteiger partial charge in [-0.1, -0.05) is 5.16 Å². The van der Waals surface area contributed by atoms with Gasteiger partial charge in [0.2, 0.25) is 0 Å². The minimum absolute atomic E-state index is 0.0458. The van der Waals surface area contributed by atoms with Gasteiger partial charge in [0.05, 0.1) is 12.2 Å². The number of rotatable bonds is 8. The molecule has 7 nitrogen and oxygen atoms in total. The van der Waals surface area contributed by atoms with E-state index in [1.165, 1.54) is 0 Å². The minimum Gasteiger partial charge on any atom is -0.492 e. The molecule has 0 aliphatic heterocycles. The van der Waals surface area contributed by atoms with Crippen LogP contribution in [0.4, 0.5) is 0 Å². The Labute approximate surface area is 117 Å². The molecule has 1 unspecified atom stereocenters. The number of benzene rings is 1. The number of hydrogen-bond donors (Lipinski definition) is 5. The van der Waals surface area contributed by atoms with Crippen LogP contribution in [-0.2, 0) is 0 Å². The fraction of sp³-hybridized carbons (Fsp3) is 0.462. The molecule has 112 valence electrons. The Balaban J connectivity index is 2.29. The molecule has 1 aromatic carbocycles. The fourth-order valence-corrected chi connectivity index (χ4v) is 1.43. The van der Waals surface area contributed by atoms with Crippen LogP contribution in [0.2, 0.25) is 0 Å². The van der Waals surface area contributed by atoms with Crippen LogP contribution < -0.4 is 15.8 Å². The van der Waals surface area contributed by atoms with E-state index in [-0.39, 0.29) is 19.0 Å². The van der Waals surface area contributed by atoms with Crippen molar-refractivity contribution in [2.75, 3.05) is 26.3 Å². The van der Waals surface area contributed by atoms with E-state index in [2.05, 4.69) is 10.5 Å². The molecule has 0 bridgehead atoms. The lowest BCUT2D eigenvalue weighted by Gasteiger charge is -2.20. The van der Waals surface area contributed by atoms with E-state index < -0.39 is 5.60 Å². The normalized spacial score (nSPS) is 14.8. The van der Waals surface area contributed by atoms with Crippen LogP contribution in [0.25, 0.3) is 0 Å². The Bertz CT molecular complexity index is 432. The first-order valence-corrected chi connectivity index (χ1v) is 6.23. The molecule has 0 spiro atoms. The topological polar surface area (TPSA) is 120 Å². The lowest BCUT2D eigenvalue weighted by molar-refractivity contribution is 0.00244. The van der Waals surface area contributed by atoms with Gasteiger partial charge in [0.1, 0.15) is 12.4 Å². The number of nitrogens with two attached hydrogens (primary N) is 1. The molecule has 0 saturated heterocycles. The lowest BCUT2D eigenvalue weighted by Crippen LogP contribution is -2.42. The second-order valence-corrected chi connectivity index (χ2v) is 4.69. The van der Waals surface area contributed by atoms with Gasteiger partial charge in [0, 0.05) is 18.7 Å². The largest absolute Gasteiger partial charge is 0.492 e. The molecule has 0 aliphatic rings. The van der Waals surface area contributed by atoms with Crippen molar-refractivity contribution in [3.8, 4) is 5.75 Å². The molecular formula is C13H21N3O4. The smallest absolute Gasteiger partial charge is 0.170 e. The summed E-state index contributed by atoms with van der Waals surface area (Å²) >= 11 is 0. The summed E-state index contributed by atoms with van der Waals surface area (Å²) in [4.78, 5) is 0. The summed E-state index contributed by atoms with van der Waals surface area (Å²) in [6, 6.07) is 6.82. The Morgan fingerprint density at radius 1 is 1.40 bits per heavy atom. The van der Waals surface area contributed by atoms with Crippen molar-refractivity contribution in [3.63, 3.8) is 0 Å². The van der Waals surface area contributed by atoms with E-state index in [1.54, 1.807) is 31.2 Å². The van der Waals surface area contributed by atoms with Crippen molar-refractivity contribution in [2.45, 2.75) is 12.5 Å². The maximum absolute atomic E-state index is 9.55. The lowest BCUT2D eigenvalue weighted by atomic mass is 10.1. The molecule has 0 fully saturated rings. The first-order valence-electron chi connectivity index (χ1n) is 6.23. The SMILES string of the molecule is CC(O)(CO)CNCCOc1ccc(C(N)=NO)cc1. The number of hydrogen-bond acceptors (Lipinski definition) is 6. The summed E-state index contributed by atoms with van der Waals surface area (Å²) in [7, 11) is 0. The van der Waals surface area contributed by atoms with E-state index in [0.29, 0.717) is 24.5 Å². The molecule has 0 saturated carbocycles. The third kappa shape index (κ3) is 5.43. The van der Waals surface area contributed by atoms with Gasteiger partial charge >= 0.3 is 0 Å². The number of ether oxygens (including phenoxy) is 1. The molecule has 1 aromatic rings. The van der Waals surface area contributed by atoms with Gasteiger partial charge in [0.25, 0.3) is 0 Å². The van der Waals surface area contributed by atoms with E-state index in [0.717, 1.165) is 0 Å². The van der Waals surface area contributed by atoms with E-state index >= 15 is 0 Å². The zero-order chi connectivity index (χ0) is 15.0. The molecule has 7 heteroatoms. The molecule has 0 heterocycles. The van der Waals surface area contributed by atoms with Crippen LogP contribution in [0.5, 0.6) is 5.75 Å². The highest BCUT2D eigenvalue weighted by Gasteiger charge is 2.17. The highest BCUT2D eigenvalue weighted by atomic mass is 16.5. The van der Waals surface area contributed by atoms with Crippen molar-refractivity contribution in [2.24, 2.45) is 10.9 Å². The molecule has 1 atom stereocenters. The fourth-order valence-electron chi connectivity index (χ4n) is 1.43. The predicted molar refractivity (Wildman–Crippen MR) is 75.0 cm³/mol. The van der Waals surface area contributed by atoms with E-state index in [1.807, 2.05) is 0 Å². The van der Waals surface area contributed by atoms with Gasteiger partial charge in [-0.15, -0.1) is 0 Å². The Morgan fingerprint density at radius 3 is 2.60 bits per heavy atom. The quantitative estimate of drug-likeness (QED) is 0.144. The number of nitrogens with zero attached hydrogens (tertiary/aromatic N) is 1. The Morgan fingerprint density at radius 2 is 2.05 bits per heavy atom. The summed E-state index contributed by atoms with van der Waals surface area (Å²) in [5, 5.41) is 32.8. The summed E-state index contributed by atoms with van der Waals surface area (Å²) < 4.78 is 5.47. The molecule has 1 rings (SSSR count). The van der Waals surface area contributed by atoms with Crippen LogP contribution in [-0.4, -0.2) is 53.2 Å². The Kier molecular flexibility index (Phi) is 6.23. The number of nitrogens with one attached hydrogen (secondary N) is 1. The molecule has 0 aromatic heterocycles. The van der Waals surface area contributed by atoms with Crippen LogP contribution in [0.3, 0.4) is 0 Å². The summed E-state index contributed by atoms with van der Waals surface area (Å²) in [5.74, 6) is 0.708. The zero-order valence-electron chi connectivity index (χ0n) is 11.4. The predicted octanol–water partition coefficient (Wildman–Crippen LogP) is -0.507. The van der Waals surface area contributed by atoms with E-state index in [9.17, 15) is 5.11 Å². The number of oxime groups is 1. The van der Waals surface area contributed by atoms with E-state index in [4.69, 9.17) is 20.8 Å². The summed E-state index contributed by atoms with van der Waals surface area (Å²) in [6.07, 6.45) is 0. The average Bonchev–Trinajstić information content (AvgIpc) is 2.46. The molecule has 0 amide bonds. The second-order valence-electron chi connectivity index (χ2n) is 4.69. The monoisotopic (exact) mass is 283 g/mol. The number of amidine groups is 1. The van der Waals surface area contributed by atoms with Crippen molar-refractivity contribution in [1.29, 1.82) is 0 Å². The number of aliphatic hydroxyl groups excluding tert-OH is 1. The maximum atomic E-state index is 9.55. The van der Waals surface area contributed by atoms with Gasteiger partial charge < -0.3 is 31.2 Å². The van der Waals surface area contributed by atoms with Crippen molar-refractivity contribution in [1.82, 2.24) is 5.32 Å². The van der Waals surface area contributed by atoms with Crippen LogP contribution in [0, 0.1) is 0 Å². The zero-order valence-corrected chi connectivity index (χ0v) is 11.4. The third-order valence-corrected chi connectivity index (χ3v) is 2.65. The first-order chi connectivity index (χ1) is 9.48. The second kappa shape index (κ2) is 7.68. The van der Waals surface area contributed by atoms with Crippen LogP contribution in [0.1, 0.15) is 12.5 Å². The maximum Gasteiger partial charge on any atom is 0.170 e. The van der Waals surface area contributed by atoms with Gasteiger partial charge in [-0.2, -0.15) is 0 Å². The first kappa shape index (κ1) is 16.2. The Hall–Kier alpha value is -1.83. The van der Waals surface area contributed by atoms with Crippen molar-refractivity contribution < 1.29 is 20.2 Å². The summed E-state index contributed by atoms with van der Waals surface area (Å²) in [6.45, 7) is 2.50.